The molecule has 15 heavy (non-hydrogen) atoms. The van der Waals surface area contributed by atoms with Gasteiger partial charge in [0.25, 0.3) is 0 Å². The van der Waals surface area contributed by atoms with Crippen molar-refractivity contribution in [3.8, 4) is 0 Å². The van der Waals surface area contributed by atoms with Crippen LogP contribution in [0.1, 0.15) is 38.0 Å². The molecule has 1 aromatic rings. The number of hydrogen-bond donors (Lipinski definition) is 1. The second-order valence-electron chi connectivity index (χ2n) is 4.41. The molecule has 0 bridgehead atoms. The highest BCUT2D eigenvalue weighted by molar-refractivity contribution is 7.13. The predicted octanol–water partition coefficient (Wildman–Crippen LogP) is 2.43. The van der Waals surface area contributed by atoms with E-state index in [0.717, 1.165) is 23.3 Å². The SMILES string of the molecule is CC(O)c1csc(N(C)CC2CCC2)n1. The van der Waals surface area contributed by atoms with Crippen molar-refractivity contribution >= 4 is 16.5 Å². The first-order valence-corrected chi connectivity index (χ1v) is 6.39. The van der Waals surface area contributed by atoms with Crippen molar-refractivity contribution in [2.75, 3.05) is 18.5 Å². The first-order chi connectivity index (χ1) is 7.16. The minimum Gasteiger partial charge on any atom is -0.387 e. The second-order valence-corrected chi connectivity index (χ2v) is 5.24. The smallest absolute Gasteiger partial charge is 0.185 e. The minimum absolute atomic E-state index is 0.452. The summed E-state index contributed by atoms with van der Waals surface area (Å²) < 4.78 is 0. The lowest BCUT2D eigenvalue weighted by Crippen LogP contribution is -2.29. The van der Waals surface area contributed by atoms with Gasteiger partial charge in [-0.2, -0.15) is 0 Å². The van der Waals surface area contributed by atoms with Gasteiger partial charge in [-0.3, -0.25) is 0 Å². The van der Waals surface area contributed by atoms with Crippen LogP contribution in [0.25, 0.3) is 0 Å². The lowest BCUT2D eigenvalue weighted by Gasteiger charge is -2.29. The van der Waals surface area contributed by atoms with Crippen molar-refractivity contribution in [3.63, 3.8) is 0 Å². The zero-order chi connectivity index (χ0) is 10.8. The van der Waals surface area contributed by atoms with Crippen molar-refractivity contribution in [1.29, 1.82) is 0 Å². The number of aromatic nitrogens is 1. The molecule has 4 heteroatoms. The number of aliphatic hydroxyl groups excluding tert-OH is 1. The molecule has 0 radical (unpaired) electrons. The fourth-order valence-corrected chi connectivity index (χ4v) is 2.67. The van der Waals surface area contributed by atoms with E-state index in [-0.39, 0.29) is 0 Å². The van der Waals surface area contributed by atoms with Gasteiger partial charge in [0.15, 0.2) is 5.13 Å². The topological polar surface area (TPSA) is 36.4 Å². The lowest BCUT2D eigenvalue weighted by molar-refractivity contribution is 0.195. The highest BCUT2D eigenvalue weighted by Crippen LogP contribution is 2.30. The summed E-state index contributed by atoms with van der Waals surface area (Å²) in [6, 6.07) is 0. The summed E-state index contributed by atoms with van der Waals surface area (Å²) in [5.41, 5.74) is 0.787. The Morgan fingerprint density at radius 3 is 2.87 bits per heavy atom. The van der Waals surface area contributed by atoms with Crippen LogP contribution in [0.4, 0.5) is 5.13 Å². The minimum atomic E-state index is -0.452. The third kappa shape index (κ3) is 2.49. The van der Waals surface area contributed by atoms with Gasteiger partial charge < -0.3 is 10.0 Å². The van der Waals surface area contributed by atoms with Crippen molar-refractivity contribution in [2.45, 2.75) is 32.3 Å². The molecule has 1 heterocycles. The number of thiazole rings is 1. The Balaban J connectivity index is 1.95. The molecule has 1 aliphatic carbocycles. The van der Waals surface area contributed by atoms with Crippen LogP contribution in [0.5, 0.6) is 0 Å². The van der Waals surface area contributed by atoms with Crippen LogP contribution in [0.2, 0.25) is 0 Å². The molecular weight excluding hydrogens is 208 g/mol. The second kappa shape index (κ2) is 4.49. The van der Waals surface area contributed by atoms with Gasteiger partial charge in [-0.25, -0.2) is 4.98 Å². The average Bonchev–Trinajstić information content (AvgIpc) is 2.59. The molecule has 1 fully saturated rings. The maximum absolute atomic E-state index is 9.38. The largest absolute Gasteiger partial charge is 0.387 e. The summed E-state index contributed by atoms with van der Waals surface area (Å²) in [5.74, 6) is 0.855. The van der Waals surface area contributed by atoms with Gasteiger partial charge in [0.2, 0.25) is 0 Å². The Kier molecular flexibility index (Phi) is 3.26. The molecule has 1 saturated carbocycles. The Morgan fingerprint density at radius 2 is 2.40 bits per heavy atom. The molecule has 1 atom stereocenters. The third-order valence-electron chi connectivity index (χ3n) is 3.02. The van der Waals surface area contributed by atoms with Crippen LogP contribution in [0.3, 0.4) is 0 Å². The quantitative estimate of drug-likeness (QED) is 0.856. The molecule has 1 N–H and O–H groups in total. The van der Waals surface area contributed by atoms with Gasteiger partial charge in [0, 0.05) is 19.0 Å². The molecule has 0 spiro atoms. The monoisotopic (exact) mass is 226 g/mol. The normalized spacial score (nSPS) is 18.6. The van der Waals surface area contributed by atoms with E-state index in [2.05, 4.69) is 16.9 Å². The number of hydrogen-bond acceptors (Lipinski definition) is 4. The van der Waals surface area contributed by atoms with E-state index >= 15 is 0 Å². The molecule has 1 unspecified atom stereocenters. The van der Waals surface area contributed by atoms with Crippen molar-refractivity contribution in [1.82, 2.24) is 4.98 Å². The van der Waals surface area contributed by atoms with E-state index in [1.165, 1.54) is 19.3 Å². The first-order valence-electron chi connectivity index (χ1n) is 5.51. The lowest BCUT2D eigenvalue weighted by atomic mass is 9.85. The standard InChI is InChI=1S/C11H18N2OS/c1-8(14)10-7-15-11(12-10)13(2)6-9-4-3-5-9/h7-9,14H,3-6H2,1-2H3. The van der Waals surface area contributed by atoms with Crippen LogP contribution in [-0.2, 0) is 0 Å². The summed E-state index contributed by atoms with van der Waals surface area (Å²) >= 11 is 1.62. The summed E-state index contributed by atoms with van der Waals surface area (Å²) in [4.78, 5) is 6.62. The van der Waals surface area contributed by atoms with Gasteiger partial charge in [0.1, 0.15) is 0 Å². The summed E-state index contributed by atoms with van der Waals surface area (Å²) in [6.45, 7) is 2.86. The molecule has 0 aromatic carbocycles. The summed E-state index contributed by atoms with van der Waals surface area (Å²) in [6.07, 6.45) is 3.65. The summed E-state index contributed by atoms with van der Waals surface area (Å²) in [5, 5.41) is 12.4. The van der Waals surface area contributed by atoms with Crippen LogP contribution < -0.4 is 4.90 Å². The Bertz CT molecular complexity index is 320. The van der Waals surface area contributed by atoms with E-state index in [9.17, 15) is 5.11 Å². The number of rotatable bonds is 4. The fourth-order valence-electron chi connectivity index (χ4n) is 1.78. The number of anilines is 1. The van der Waals surface area contributed by atoms with Crippen LogP contribution in [0, 0.1) is 5.92 Å². The molecule has 1 aliphatic rings. The molecule has 1 aromatic heterocycles. The third-order valence-corrected chi connectivity index (χ3v) is 3.99. The number of aliphatic hydroxyl groups is 1. The zero-order valence-corrected chi connectivity index (χ0v) is 10.1. The van der Waals surface area contributed by atoms with Gasteiger partial charge in [-0.05, 0) is 25.7 Å². The van der Waals surface area contributed by atoms with Crippen molar-refractivity contribution < 1.29 is 5.11 Å². The van der Waals surface area contributed by atoms with Gasteiger partial charge in [0.05, 0.1) is 11.8 Å². The molecule has 3 nitrogen and oxygen atoms in total. The van der Waals surface area contributed by atoms with E-state index in [0.29, 0.717) is 0 Å². The molecular formula is C11H18N2OS. The molecule has 2 rings (SSSR count). The molecule has 84 valence electrons. The molecule has 0 saturated heterocycles. The number of nitrogens with zero attached hydrogens (tertiary/aromatic N) is 2. The molecule has 0 aliphatic heterocycles. The fraction of sp³-hybridized carbons (Fsp3) is 0.727. The summed E-state index contributed by atoms with van der Waals surface area (Å²) in [7, 11) is 2.09. The van der Waals surface area contributed by atoms with Gasteiger partial charge >= 0.3 is 0 Å². The van der Waals surface area contributed by atoms with Gasteiger partial charge in [-0.15, -0.1) is 11.3 Å². The predicted molar refractivity (Wildman–Crippen MR) is 63.4 cm³/mol. The maximum atomic E-state index is 9.38. The van der Waals surface area contributed by atoms with Crippen LogP contribution >= 0.6 is 11.3 Å². The molecule has 0 amide bonds. The first kappa shape index (κ1) is 10.9. The van der Waals surface area contributed by atoms with E-state index in [1.807, 2.05) is 5.38 Å². The zero-order valence-electron chi connectivity index (χ0n) is 9.31. The van der Waals surface area contributed by atoms with E-state index in [1.54, 1.807) is 18.3 Å². The average molecular weight is 226 g/mol. The Labute approximate surface area is 94.8 Å². The van der Waals surface area contributed by atoms with Crippen LogP contribution in [-0.4, -0.2) is 23.7 Å². The van der Waals surface area contributed by atoms with E-state index in [4.69, 9.17) is 0 Å². The highest BCUT2D eigenvalue weighted by Gasteiger charge is 2.20. The maximum Gasteiger partial charge on any atom is 0.185 e. The van der Waals surface area contributed by atoms with E-state index < -0.39 is 6.10 Å². The Hall–Kier alpha value is -0.610. The van der Waals surface area contributed by atoms with Crippen LogP contribution in [0.15, 0.2) is 5.38 Å². The highest BCUT2D eigenvalue weighted by atomic mass is 32.1. The Morgan fingerprint density at radius 1 is 1.67 bits per heavy atom. The van der Waals surface area contributed by atoms with Crippen molar-refractivity contribution in [3.05, 3.63) is 11.1 Å². The van der Waals surface area contributed by atoms with Crippen molar-refractivity contribution in [2.24, 2.45) is 5.92 Å². The van der Waals surface area contributed by atoms with Gasteiger partial charge in [-0.1, -0.05) is 6.42 Å².